The molecule has 2 aromatic rings. The van der Waals surface area contributed by atoms with Gasteiger partial charge in [-0.25, -0.2) is 4.39 Å². The highest BCUT2D eigenvalue weighted by atomic mass is 35.5. The molecule has 2 nitrogen and oxygen atoms in total. The number of hydrogen-bond acceptors (Lipinski definition) is 2. The second-order valence-electron chi connectivity index (χ2n) is 4.42. The lowest BCUT2D eigenvalue weighted by atomic mass is 9.99. The topological polar surface area (TPSA) is 18.5 Å². The first-order valence-electron chi connectivity index (χ1n) is 6.49. The molecule has 0 unspecified atom stereocenters. The molecule has 0 saturated heterocycles. The first-order chi connectivity index (χ1) is 10.2. The van der Waals surface area contributed by atoms with Crippen LogP contribution in [-0.2, 0) is 4.74 Å². The third-order valence-electron chi connectivity index (χ3n) is 3.02. The molecule has 0 aliphatic heterocycles. The lowest BCUT2D eigenvalue weighted by Gasteiger charge is -2.12. The molecule has 0 heterocycles. The molecule has 0 radical (unpaired) electrons. The van der Waals surface area contributed by atoms with Crippen molar-refractivity contribution >= 4 is 17.7 Å². The van der Waals surface area contributed by atoms with E-state index in [1.807, 2.05) is 18.2 Å². The van der Waals surface area contributed by atoms with Crippen LogP contribution in [-0.4, -0.2) is 20.3 Å². The molecule has 0 bridgehead atoms. The van der Waals surface area contributed by atoms with Crippen molar-refractivity contribution in [3.63, 3.8) is 0 Å². The van der Waals surface area contributed by atoms with Gasteiger partial charge in [0.15, 0.2) is 0 Å². The number of rotatable bonds is 6. The smallest absolute Gasteiger partial charge is 0.123 e. The van der Waals surface area contributed by atoms with E-state index in [1.54, 1.807) is 13.2 Å². The predicted octanol–water partition coefficient (Wildman–Crippen LogP) is 4.81. The summed E-state index contributed by atoms with van der Waals surface area (Å²) in [5.74, 6) is 0.336. The summed E-state index contributed by atoms with van der Waals surface area (Å²) >= 11 is 6.18. The molecule has 0 saturated carbocycles. The van der Waals surface area contributed by atoms with E-state index in [1.165, 1.54) is 18.2 Å². The fraction of sp³-hybridized carbons (Fsp3) is 0.176. The Morgan fingerprint density at radius 2 is 1.95 bits per heavy atom. The van der Waals surface area contributed by atoms with E-state index >= 15 is 0 Å². The zero-order valence-electron chi connectivity index (χ0n) is 11.7. The third kappa shape index (κ3) is 3.84. The molecule has 0 aliphatic carbocycles. The first-order valence-corrected chi connectivity index (χ1v) is 6.87. The predicted molar refractivity (Wildman–Crippen MR) is 84.3 cm³/mol. The van der Waals surface area contributed by atoms with Gasteiger partial charge in [0.2, 0.25) is 0 Å². The van der Waals surface area contributed by atoms with Gasteiger partial charge in [0.1, 0.15) is 18.2 Å². The lowest BCUT2D eigenvalue weighted by molar-refractivity contribution is 0.146. The maximum absolute atomic E-state index is 13.5. The zero-order valence-corrected chi connectivity index (χ0v) is 12.5. The second kappa shape index (κ2) is 7.25. The first kappa shape index (κ1) is 15.5. The van der Waals surface area contributed by atoms with Crippen molar-refractivity contribution in [2.75, 3.05) is 20.3 Å². The van der Waals surface area contributed by atoms with Crippen LogP contribution >= 0.6 is 11.6 Å². The van der Waals surface area contributed by atoms with Crippen molar-refractivity contribution in [1.82, 2.24) is 0 Å². The minimum absolute atomic E-state index is 0.338. The molecule has 0 atom stereocenters. The van der Waals surface area contributed by atoms with Gasteiger partial charge >= 0.3 is 0 Å². The summed E-state index contributed by atoms with van der Waals surface area (Å²) in [5.41, 5.74) is 2.26. The summed E-state index contributed by atoms with van der Waals surface area (Å²) in [6.45, 7) is 4.72. The molecule has 2 aromatic carbocycles. The summed E-state index contributed by atoms with van der Waals surface area (Å²) in [6, 6.07) is 9.81. The standard InChI is InChI=1S/C17H16ClFO2/c1-3-12-4-6-14(21-9-8-20-2)11-15(12)16-10-13(19)5-7-17(16)18/h3-7,10-11H,1,8-9H2,2H3. The molecule has 0 aliphatic rings. The minimum atomic E-state index is -0.338. The van der Waals surface area contributed by atoms with Crippen LogP contribution in [0.3, 0.4) is 0 Å². The van der Waals surface area contributed by atoms with Crippen LogP contribution in [0, 0.1) is 5.82 Å². The van der Waals surface area contributed by atoms with E-state index in [9.17, 15) is 4.39 Å². The average Bonchev–Trinajstić information content (AvgIpc) is 2.50. The van der Waals surface area contributed by atoms with Crippen molar-refractivity contribution in [2.24, 2.45) is 0 Å². The molecule has 0 aromatic heterocycles. The molecule has 0 amide bonds. The summed E-state index contributed by atoms with van der Waals surface area (Å²) in [5, 5.41) is 0.480. The molecular formula is C17H16ClFO2. The molecule has 0 N–H and O–H groups in total. The van der Waals surface area contributed by atoms with Gasteiger partial charge in [-0.15, -0.1) is 0 Å². The lowest BCUT2D eigenvalue weighted by Crippen LogP contribution is -2.04. The Labute approximate surface area is 128 Å². The average molecular weight is 307 g/mol. The van der Waals surface area contributed by atoms with Gasteiger partial charge in [0.25, 0.3) is 0 Å². The second-order valence-corrected chi connectivity index (χ2v) is 4.83. The number of ether oxygens (including phenoxy) is 2. The SMILES string of the molecule is C=Cc1ccc(OCCOC)cc1-c1cc(F)ccc1Cl. The minimum Gasteiger partial charge on any atom is -0.491 e. The summed E-state index contributed by atoms with van der Waals surface area (Å²) in [7, 11) is 1.61. The number of methoxy groups -OCH3 is 1. The fourth-order valence-corrected chi connectivity index (χ4v) is 2.20. The van der Waals surface area contributed by atoms with Crippen molar-refractivity contribution in [2.45, 2.75) is 0 Å². The molecule has 110 valence electrons. The Morgan fingerprint density at radius 1 is 1.14 bits per heavy atom. The molecule has 21 heavy (non-hydrogen) atoms. The Hall–Kier alpha value is -1.84. The normalized spacial score (nSPS) is 10.4. The molecule has 0 spiro atoms. The number of benzene rings is 2. The van der Waals surface area contributed by atoms with Gasteiger partial charge in [0.05, 0.1) is 6.61 Å². The van der Waals surface area contributed by atoms with Crippen LogP contribution < -0.4 is 4.74 Å². The monoisotopic (exact) mass is 306 g/mol. The van der Waals surface area contributed by atoms with E-state index in [-0.39, 0.29) is 5.82 Å². The van der Waals surface area contributed by atoms with Crippen molar-refractivity contribution in [1.29, 1.82) is 0 Å². The maximum atomic E-state index is 13.5. The van der Waals surface area contributed by atoms with Crippen LogP contribution in [0.15, 0.2) is 43.0 Å². The van der Waals surface area contributed by atoms with Crippen LogP contribution in [0.5, 0.6) is 5.75 Å². The highest BCUT2D eigenvalue weighted by molar-refractivity contribution is 6.33. The Kier molecular flexibility index (Phi) is 5.37. The quantitative estimate of drug-likeness (QED) is 0.713. The summed E-state index contributed by atoms with van der Waals surface area (Å²) in [4.78, 5) is 0. The Bertz CT molecular complexity index is 641. The van der Waals surface area contributed by atoms with Crippen LogP contribution in [0.4, 0.5) is 4.39 Å². The van der Waals surface area contributed by atoms with Gasteiger partial charge in [-0.2, -0.15) is 0 Å². The van der Waals surface area contributed by atoms with Gasteiger partial charge in [-0.1, -0.05) is 30.3 Å². The van der Waals surface area contributed by atoms with Gasteiger partial charge in [-0.05, 0) is 41.5 Å². The Morgan fingerprint density at radius 3 is 2.67 bits per heavy atom. The molecular weight excluding hydrogens is 291 g/mol. The van der Waals surface area contributed by atoms with Crippen LogP contribution in [0.1, 0.15) is 5.56 Å². The maximum Gasteiger partial charge on any atom is 0.123 e. The van der Waals surface area contributed by atoms with Crippen molar-refractivity contribution in [3.05, 3.63) is 59.4 Å². The molecule has 4 heteroatoms. The van der Waals surface area contributed by atoms with Crippen molar-refractivity contribution < 1.29 is 13.9 Å². The third-order valence-corrected chi connectivity index (χ3v) is 3.35. The molecule has 0 fully saturated rings. The van der Waals surface area contributed by atoms with Crippen LogP contribution in [0.2, 0.25) is 5.02 Å². The number of hydrogen-bond donors (Lipinski definition) is 0. The highest BCUT2D eigenvalue weighted by Crippen LogP contribution is 2.34. The number of halogens is 2. The molecule has 2 rings (SSSR count). The van der Waals surface area contributed by atoms with Crippen LogP contribution in [0.25, 0.3) is 17.2 Å². The van der Waals surface area contributed by atoms with E-state index in [4.69, 9.17) is 21.1 Å². The fourth-order valence-electron chi connectivity index (χ4n) is 1.98. The highest BCUT2D eigenvalue weighted by Gasteiger charge is 2.10. The van der Waals surface area contributed by atoms with Gasteiger partial charge in [-0.3, -0.25) is 0 Å². The van der Waals surface area contributed by atoms with E-state index in [0.29, 0.717) is 29.5 Å². The zero-order chi connectivity index (χ0) is 15.2. The van der Waals surface area contributed by atoms with E-state index < -0.39 is 0 Å². The van der Waals surface area contributed by atoms with Crippen molar-refractivity contribution in [3.8, 4) is 16.9 Å². The Balaban J connectivity index is 2.42. The summed E-state index contributed by atoms with van der Waals surface area (Å²) < 4.78 is 24.0. The summed E-state index contributed by atoms with van der Waals surface area (Å²) in [6.07, 6.45) is 1.70. The van der Waals surface area contributed by atoms with Gasteiger partial charge < -0.3 is 9.47 Å². The van der Waals surface area contributed by atoms with Gasteiger partial charge in [0, 0.05) is 17.7 Å². The van der Waals surface area contributed by atoms with E-state index in [0.717, 1.165) is 11.1 Å². The van der Waals surface area contributed by atoms with E-state index in [2.05, 4.69) is 6.58 Å². The largest absolute Gasteiger partial charge is 0.491 e.